The lowest BCUT2D eigenvalue weighted by atomic mass is 10.1. The molecular formula is C13H20N2O3S. The van der Waals surface area contributed by atoms with Crippen LogP contribution in [-0.4, -0.2) is 32.4 Å². The Bertz CT molecular complexity index is 541. The number of sulfone groups is 1. The Morgan fingerprint density at radius 2 is 1.95 bits per heavy atom. The molecule has 1 amide bonds. The zero-order valence-electron chi connectivity index (χ0n) is 11.4. The van der Waals surface area contributed by atoms with Gasteiger partial charge >= 0.3 is 0 Å². The lowest BCUT2D eigenvalue weighted by Gasteiger charge is -2.14. The van der Waals surface area contributed by atoms with E-state index >= 15 is 0 Å². The fourth-order valence-electron chi connectivity index (χ4n) is 1.48. The van der Waals surface area contributed by atoms with Crippen molar-refractivity contribution in [3.63, 3.8) is 0 Å². The molecule has 19 heavy (non-hydrogen) atoms. The summed E-state index contributed by atoms with van der Waals surface area (Å²) >= 11 is 0. The predicted molar refractivity (Wildman–Crippen MR) is 76.8 cm³/mol. The van der Waals surface area contributed by atoms with Crippen LogP contribution in [0.5, 0.6) is 0 Å². The highest BCUT2D eigenvalue weighted by molar-refractivity contribution is 7.92. The summed E-state index contributed by atoms with van der Waals surface area (Å²) in [4.78, 5) is 11.9. The van der Waals surface area contributed by atoms with Gasteiger partial charge in [0.25, 0.3) is 0 Å². The summed E-state index contributed by atoms with van der Waals surface area (Å²) in [6.07, 6.45) is 1.06. The summed E-state index contributed by atoms with van der Waals surface area (Å²) in [6, 6.07) is 7.33. The van der Waals surface area contributed by atoms with Gasteiger partial charge < -0.3 is 10.6 Å². The van der Waals surface area contributed by atoms with Crippen LogP contribution in [0.15, 0.2) is 24.3 Å². The van der Waals surface area contributed by atoms with E-state index in [1.807, 2.05) is 19.1 Å². The Morgan fingerprint density at radius 3 is 2.53 bits per heavy atom. The maximum Gasteiger partial charge on any atom is 0.242 e. The van der Waals surface area contributed by atoms with Crippen molar-refractivity contribution in [2.45, 2.75) is 25.6 Å². The van der Waals surface area contributed by atoms with Gasteiger partial charge in [-0.1, -0.05) is 25.1 Å². The molecule has 5 nitrogen and oxygen atoms in total. The van der Waals surface area contributed by atoms with E-state index in [1.165, 1.54) is 6.92 Å². The number of carbonyl (C=O) groups excluding carboxylic acids is 1. The van der Waals surface area contributed by atoms with E-state index in [0.29, 0.717) is 12.2 Å². The molecule has 0 saturated carbocycles. The molecule has 1 rings (SSSR count). The van der Waals surface area contributed by atoms with Gasteiger partial charge in [0.2, 0.25) is 5.91 Å². The van der Waals surface area contributed by atoms with Crippen molar-refractivity contribution < 1.29 is 13.2 Å². The zero-order valence-corrected chi connectivity index (χ0v) is 12.3. The number of hydrogen-bond acceptors (Lipinski definition) is 4. The molecule has 1 aromatic carbocycles. The van der Waals surface area contributed by atoms with Crippen molar-refractivity contribution in [1.82, 2.24) is 5.32 Å². The molecule has 0 aliphatic carbocycles. The molecule has 0 bridgehead atoms. The Kier molecular flexibility index (Phi) is 5.50. The van der Waals surface area contributed by atoms with Crippen molar-refractivity contribution in [2.24, 2.45) is 0 Å². The number of anilines is 1. The number of carbonyl (C=O) groups is 1. The highest BCUT2D eigenvalue weighted by atomic mass is 32.2. The van der Waals surface area contributed by atoms with Gasteiger partial charge in [0.05, 0.1) is 0 Å². The number of amides is 1. The Hall–Kier alpha value is -1.40. The van der Waals surface area contributed by atoms with E-state index in [-0.39, 0.29) is 0 Å². The van der Waals surface area contributed by atoms with Crippen molar-refractivity contribution in [2.75, 3.05) is 18.1 Å². The second-order valence-electron chi connectivity index (χ2n) is 4.40. The third-order valence-electron chi connectivity index (χ3n) is 2.85. The van der Waals surface area contributed by atoms with Crippen LogP contribution < -0.4 is 10.6 Å². The van der Waals surface area contributed by atoms with Crippen LogP contribution in [0.1, 0.15) is 19.4 Å². The minimum absolute atomic E-state index is 0.508. The minimum Gasteiger partial charge on any atom is -0.325 e. The first-order chi connectivity index (χ1) is 8.86. The molecule has 0 spiro atoms. The molecule has 0 aliphatic heterocycles. The maximum absolute atomic E-state index is 11.9. The SMILES string of the molecule is CCNCc1ccccc1NC(=O)C(C)S(C)(=O)=O. The smallest absolute Gasteiger partial charge is 0.242 e. The molecular weight excluding hydrogens is 264 g/mol. The summed E-state index contributed by atoms with van der Waals surface area (Å²) in [7, 11) is -3.38. The van der Waals surface area contributed by atoms with Crippen molar-refractivity contribution in [3.05, 3.63) is 29.8 Å². The average molecular weight is 284 g/mol. The highest BCUT2D eigenvalue weighted by Crippen LogP contribution is 2.15. The van der Waals surface area contributed by atoms with E-state index in [2.05, 4.69) is 10.6 Å². The van der Waals surface area contributed by atoms with E-state index < -0.39 is 21.0 Å². The number of para-hydroxylation sites is 1. The second kappa shape index (κ2) is 6.68. The van der Waals surface area contributed by atoms with Crippen LogP contribution >= 0.6 is 0 Å². The maximum atomic E-state index is 11.9. The second-order valence-corrected chi connectivity index (χ2v) is 6.76. The molecule has 1 unspecified atom stereocenters. The fourth-order valence-corrected chi connectivity index (χ4v) is 1.93. The molecule has 0 aliphatic rings. The Morgan fingerprint density at radius 1 is 1.32 bits per heavy atom. The van der Waals surface area contributed by atoms with E-state index in [9.17, 15) is 13.2 Å². The molecule has 0 radical (unpaired) electrons. The normalized spacial score (nSPS) is 13.0. The van der Waals surface area contributed by atoms with E-state index in [4.69, 9.17) is 0 Å². The van der Waals surface area contributed by atoms with Crippen LogP contribution in [0, 0.1) is 0 Å². The Labute approximate surface area is 114 Å². The number of nitrogens with one attached hydrogen (secondary N) is 2. The van der Waals surface area contributed by atoms with E-state index in [1.54, 1.807) is 12.1 Å². The monoisotopic (exact) mass is 284 g/mol. The third kappa shape index (κ3) is 4.65. The summed E-state index contributed by atoms with van der Waals surface area (Å²) in [5, 5.41) is 4.78. The van der Waals surface area contributed by atoms with Gasteiger partial charge in [-0.25, -0.2) is 8.42 Å². The van der Waals surface area contributed by atoms with Crippen LogP contribution in [0.3, 0.4) is 0 Å². The summed E-state index contributed by atoms with van der Waals surface area (Å²) in [5.74, 6) is -0.508. The van der Waals surface area contributed by atoms with Gasteiger partial charge in [-0.2, -0.15) is 0 Å². The minimum atomic E-state index is -3.38. The predicted octanol–water partition coefficient (Wildman–Crippen LogP) is 1.17. The molecule has 0 saturated heterocycles. The van der Waals surface area contributed by atoms with Gasteiger partial charge in [0, 0.05) is 18.5 Å². The van der Waals surface area contributed by atoms with Crippen LogP contribution in [-0.2, 0) is 21.2 Å². The fraction of sp³-hybridized carbons (Fsp3) is 0.462. The Balaban J connectivity index is 2.85. The number of benzene rings is 1. The standard InChI is InChI=1S/C13H20N2O3S/c1-4-14-9-11-7-5-6-8-12(11)15-13(16)10(2)19(3,17)18/h5-8,10,14H,4,9H2,1-3H3,(H,15,16). The first-order valence-corrected chi connectivity index (χ1v) is 8.10. The van der Waals surface area contributed by atoms with Crippen molar-refractivity contribution >= 4 is 21.4 Å². The topological polar surface area (TPSA) is 75.3 Å². The number of hydrogen-bond donors (Lipinski definition) is 2. The third-order valence-corrected chi connectivity index (χ3v) is 4.35. The molecule has 0 fully saturated rings. The van der Waals surface area contributed by atoms with Gasteiger partial charge in [-0.05, 0) is 25.1 Å². The zero-order chi connectivity index (χ0) is 14.5. The summed E-state index contributed by atoms with van der Waals surface area (Å²) in [6.45, 7) is 4.83. The average Bonchev–Trinajstić information content (AvgIpc) is 2.35. The first kappa shape index (κ1) is 15.7. The van der Waals surface area contributed by atoms with Crippen molar-refractivity contribution in [3.8, 4) is 0 Å². The molecule has 0 heterocycles. The molecule has 2 N–H and O–H groups in total. The van der Waals surface area contributed by atoms with Gasteiger partial charge in [0.1, 0.15) is 5.25 Å². The molecule has 1 atom stereocenters. The van der Waals surface area contributed by atoms with Gasteiger partial charge in [-0.15, -0.1) is 0 Å². The van der Waals surface area contributed by atoms with Gasteiger partial charge in [0.15, 0.2) is 9.84 Å². The number of rotatable bonds is 6. The highest BCUT2D eigenvalue weighted by Gasteiger charge is 2.23. The van der Waals surface area contributed by atoms with Crippen molar-refractivity contribution in [1.29, 1.82) is 0 Å². The van der Waals surface area contributed by atoms with E-state index in [0.717, 1.165) is 18.4 Å². The summed E-state index contributed by atoms with van der Waals surface area (Å²) in [5.41, 5.74) is 1.57. The summed E-state index contributed by atoms with van der Waals surface area (Å²) < 4.78 is 22.7. The molecule has 1 aromatic rings. The largest absolute Gasteiger partial charge is 0.325 e. The van der Waals surface area contributed by atoms with Crippen LogP contribution in [0.2, 0.25) is 0 Å². The molecule has 6 heteroatoms. The lowest BCUT2D eigenvalue weighted by molar-refractivity contribution is -0.115. The first-order valence-electron chi connectivity index (χ1n) is 6.14. The molecule has 106 valence electrons. The lowest BCUT2D eigenvalue weighted by Crippen LogP contribution is -2.32. The van der Waals surface area contributed by atoms with Crippen LogP contribution in [0.25, 0.3) is 0 Å². The molecule has 0 aromatic heterocycles. The van der Waals surface area contributed by atoms with Crippen LogP contribution in [0.4, 0.5) is 5.69 Å². The quantitative estimate of drug-likeness (QED) is 0.822. The van der Waals surface area contributed by atoms with Gasteiger partial charge in [-0.3, -0.25) is 4.79 Å².